The second kappa shape index (κ2) is 11.7. The van der Waals surface area contributed by atoms with E-state index in [1.807, 2.05) is 18.2 Å². The van der Waals surface area contributed by atoms with E-state index in [1.54, 1.807) is 6.07 Å². The lowest BCUT2D eigenvalue weighted by Crippen LogP contribution is -2.13. The second-order valence-electron chi connectivity index (χ2n) is 9.83. The third-order valence-electron chi connectivity index (χ3n) is 6.59. The fourth-order valence-corrected chi connectivity index (χ4v) is 4.81. The van der Waals surface area contributed by atoms with Crippen LogP contribution in [0.5, 0.6) is 5.75 Å². The van der Waals surface area contributed by atoms with Crippen molar-refractivity contribution < 1.29 is 9.53 Å². The van der Waals surface area contributed by atoms with Gasteiger partial charge in [0.1, 0.15) is 5.75 Å². The lowest BCUT2D eigenvalue weighted by molar-refractivity contribution is -0.128. The molecule has 0 atom stereocenters. The van der Waals surface area contributed by atoms with Crippen LogP contribution in [0.15, 0.2) is 134 Å². The molecule has 0 heterocycles. The number of ether oxygens (including phenoxy) is 1. The topological polar surface area (TPSA) is 32.8 Å². The van der Waals surface area contributed by atoms with E-state index < -0.39 is 5.97 Å². The van der Waals surface area contributed by atoms with Gasteiger partial charge in [0.15, 0.2) is 0 Å². The van der Waals surface area contributed by atoms with Crippen LogP contribution < -0.4 is 14.5 Å². The highest BCUT2D eigenvalue weighted by Crippen LogP contribution is 2.41. The van der Waals surface area contributed by atoms with Gasteiger partial charge in [-0.15, -0.1) is 0 Å². The van der Waals surface area contributed by atoms with E-state index in [4.69, 9.17) is 4.74 Å². The summed E-state index contributed by atoms with van der Waals surface area (Å²) in [5, 5.41) is 0. The quantitative estimate of drug-likeness (QED) is 0.115. The first kappa shape index (κ1) is 26.5. The van der Waals surface area contributed by atoms with E-state index in [0.29, 0.717) is 5.75 Å². The molecule has 0 amide bonds. The lowest BCUT2D eigenvalue weighted by atomic mass is 10.1. The van der Waals surface area contributed by atoms with Crippen molar-refractivity contribution >= 4 is 40.1 Å². The van der Waals surface area contributed by atoms with E-state index in [-0.39, 0.29) is 0 Å². The Labute approximate surface area is 236 Å². The van der Waals surface area contributed by atoms with Gasteiger partial charge in [-0.3, -0.25) is 0 Å². The molecule has 5 aromatic rings. The van der Waals surface area contributed by atoms with Crippen LogP contribution in [0.1, 0.15) is 16.7 Å². The summed E-state index contributed by atoms with van der Waals surface area (Å²) in [7, 11) is 0. The molecule has 0 aromatic heterocycles. The Balaban J connectivity index is 1.67. The smallest absolute Gasteiger partial charge is 0.335 e. The largest absolute Gasteiger partial charge is 0.423 e. The summed E-state index contributed by atoms with van der Waals surface area (Å²) in [4.78, 5) is 16.4. The minimum absolute atomic E-state index is 0.456. The lowest BCUT2D eigenvalue weighted by Gasteiger charge is -2.30. The molecular formula is C36H32N2O2. The third kappa shape index (κ3) is 5.97. The minimum atomic E-state index is -0.492. The summed E-state index contributed by atoms with van der Waals surface area (Å²) in [6.45, 7) is 9.82. The van der Waals surface area contributed by atoms with Crippen LogP contribution in [0.2, 0.25) is 0 Å². The molecule has 5 rings (SSSR count). The average Bonchev–Trinajstić information content (AvgIpc) is 2.94. The fourth-order valence-electron chi connectivity index (χ4n) is 4.81. The normalized spacial score (nSPS) is 10.6. The van der Waals surface area contributed by atoms with Gasteiger partial charge in [-0.2, -0.15) is 0 Å². The van der Waals surface area contributed by atoms with Gasteiger partial charge in [-0.05, 0) is 104 Å². The van der Waals surface area contributed by atoms with Gasteiger partial charge in [-0.1, -0.05) is 55.1 Å². The van der Waals surface area contributed by atoms with Crippen LogP contribution in [-0.4, -0.2) is 5.97 Å². The molecule has 4 nitrogen and oxygen atoms in total. The second-order valence-corrected chi connectivity index (χ2v) is 9.83. The Morgan fingerprint density at radius 3 is 1.30 bits per heavy atom. The molecule has 0 aliphatic rings. The number of hydrogen-bond donors (Lipinski definition) is 0. The van der Waals surface area contributed by atoms with Gasteiger partial charge in [0.25, 0.3) is 0 Å². The Bertz CT molecular complexity index is 1630. The highest BCUT2D eigenvalue weighted by atomic mass is 16.5. The standard InChI is InChI=1S/C36H32N2O2/c1-5-36(39)40-35-20-10-19-34(25-35)38(31-16-8-13-28(4)23-31)33-18-9-17-32(24-33)37(29-14-6-11-26(2)21-29)30-15-7-12-27(3)22-30/h5-25H,1H2,2-4H3. The number of carbonyl (C=O) groups excluding carboxylic acids is 1. The van der Waals surface area contributed by atoms with Gasteiger partial charge in [0.2, 0.25) is 0 Å². The van der Waals surface area contributed by atoms with Crippen LogP contribution in [0, 0.1) is 20.8 Å². The molecule has 0 bridgehead atoms. The Hall–Kier alpha value is -5.09. The number of rotatable bonds is 8. The zero-order valence-corrected chi connectivity index (χ0v) is 23.0. The first-order chi connectivity index (χ1) is 19.4. The highest BCUT2D eigenvalue weighted by Gasteiger charge is 2.18. The fraction of sp³-hybridized carbons (Fsp3) is 0.0833. The van der Waals surface area contributed by atoms with Crippen LogP contribution in [0.25, 0.3) is 0 Å². The Morgan fingerprint density at radius 2 is 0.900 bits per heavy atom. The van der Waals surface area contributed by atoms with Crippen molar-refractivity contribution in [2.45, 2.75) is 20.8 Å². The molecule has 40 heavy (non-hydrogen) atoms. The minimum Gasteiger partial charge on any atom is -0.423 e. The maximum absolute atomic E-state index is 11.9. The van der Waals surface area contributed by atoms with E-state index in [2.05, 4.69) is 134 Å². The van der Waals surface area contributed by atoms with E-state index >= 15 is 0 Å². The first-order valence-electron chi connectivity index (χ1n) is 13.3. The molecular weight excluding hydrogens is 492 g/mol. The van der Waals surface area contributed by atoms with Crippen molar-refractivity contribution in [2.24, 2.45) is 0 Å². The van der Waals surface area contributed by atoms with Crippen LogP contribution in [0.3, 0.4) is 0 Å². The van der Waals surface area contributed by atoms with E-state index in [1.165, 1.54) is 17.2 Å². The molecule has 0 N–H and O–H groups in total. The molecule has 0 saturated carbocycles. The number of benzene rings is 5. The van der Waals surface area contributed by atoms with Gasteiger partial charge in [-0.25, -0.2) is 4.79 Å². The zero-order valence-electron chi connectivity index (χ0n) is 23.0. The molecule has 0 fully saturated rings. The van der Waals surface area contributed by atoms with Gasteiger partial charge in [0, 0.05) is 46.3 Å². The molecule has 0 aliphatic carbocycles. The molecule has 0 saturated heterocycles. The highest BCUT2D eigenvalue weighted by molar-refractivity contribution is 5.85. The molecule has 0 aliphatic heterocycles. The summed E-state index contributed by atoms with van der Waals surface area (Å²) in [6.07, 6.45) is 1.17. The maximum Gasteiger partial charge on any atom is 0.335 e. The predicted octanol–water partition coefficient (Wildman–Crippen LogP) is 9.64. The number of hydrogen-bond acceptors (Lipinski definition) is 4. The SMILES string of the molecule is C=CC(=O)Oc1cccc(N(c2cccc(C)c2)c2cccc(N(c3cccc(C)c3)c3cccc(C)c3)c2)c1. The average molecular weight is 525 g/mol. The number of carbonyl (C=O) groups is 1. The first-order valence-corrected chi connectivity index (χ1v) is 13.3. The molecule has 0 radical (unpaired) electrons. The predicted molar refractivity (Wildman–Crippen MR) is 166 cm³/mol. The Kier molecular flexibility index (Phi) is 7.79. The maximum atomic E-state index is 11.9. The zero-order chi connectivity index (χ0) is 28.1. The van der Waals surface area contributed by atoms with Crippen LogP contribution in [0.4, 0.5) is 34.1 Å². The van der Waals surface area contributed by atoms with E-state index in [0.717, 1.165) is 39.7 Å². The molecule has 0 unspecified atom stereocenters. The summed E-state index contributed by atoms with van der Waals surface area (Å²) < 4.78 is 5.46. The summed E-state index contributed by atoms with van der Waals surface area (Å²) in [5.41, 5.74) is 9.58. The van der Waals surface area contributed by atoms with Crippen LogP contribution >= 0.6 is 0 Å². The number of anilines is 6. The summed E-state index contributed by atoms with van der Waals surface area (Å²) >= 11 is 0. The van der Waals surface area contributed by atoms with Crippen LogP contribution in [-0.2, 0) is 4.79 Å². The molecule has 0 spiro atoms. The molecule has 5 aromatic carbocycles. The van der Waals surface area contributed by atoms with Crippen molar-refractivity contribution in [2.75, 3.05) is 9.80 Å². The third-order valence-corrected chi connectivity index (χ3v) is 6.59. The van der Waals surface area contributed by atoms with Gasteiger partial charge in [0.05, 0.1) is 0 Å². The van der Waals surface area contributed by atoms with Crippen molar-refractivity contribution in [3.8, 4) is 5.75 Å². The van der Waals surface area contributed by atoms with Crippen molar-refractivity contribution in [1.29, 1.82) is 0 Å². The van der Waals surface area contributed by atoms with Gasteiger partial charge < -0.3 is 14.5 Å². The number of esters is 1. The number of aryl methyl sites for hydroxylation is 3. The van der Waals surface area contributed by atoms with Crippen molar-refractivity contribution in [1.82, 2.24) is 0 Å². The Morgan fingerprint density at radius 1 is 0.550 bits per heavy atom. The monoisotopic (exact) mass is 524 g/mol. The van der Waals surface area contributed by atoms with E-state index in [9.17, 15) is 4.79 Å². The summed E-state index contributed by atoms with van der Waals surface area (Å²) in [5.74, 6) is -0.0365. The van der Waals surface area contributed by atoms with Crippen molar-refractivity contribution in [3.63, 3.8) is 0 Å². The van der Waals surface area contributed by atoms with Gasteiger partial charge >= 0.3 is 5.97 Å². The van der Waals surface area contributed by atoms with Crippen molar-refractivity contribution in [3.05, 3.63) is 151 Å². The molecule has 4 heteroatoms. The summed E-state index contributed by atoms with van der Waals surface area (Å²) in [6, 6.07) is 41.5. The molecule has 198 valence electrons. The number of nitrogens with zero attached hydrogens (tertiary/aromatic N) is 2.